The van der Waals surface area contributed by atoms with Crippen molar-refractivity contribution in [2.45, 2.75) is 53.4 Å². The monoisotopic (exact) mass is 385 g/mol. The first-order valence-electron chi connectivity index (χ1n) is 9.89. The van der Waals surface area contributed by atoms with Crippen molar-refractivity contribution >= 4 is 12.1 Å². The van der Waals surface area contributed by atoms with E-state index in [0.717, 1.165) is 19.4 Å². The molecule has 0 aliphatic rings. The van der Waals surface area contributed by atoms with Gasteiger partial charge >= 0.3 is 6.16 Å². The number of rotatable bonds is 9. The van der Waals surface area contributed by atoms with E-state index >= 15 is 0 Å². The minimum Gasteiger partial charge on any atom is -0.434 e. The van der Waals surface area contributed by atoms with Crippen LogP contribution in [0.1, 0.15) is 56.5 Å². The standard InChI is InChI=1S/C22H31N3O3/c1-6-10-19(18-11-8-7-9-12-18)13-23-21-24-16(4)20(17(5)25-21)28-22(26)27-14-15(2)3/h7-9,11-12,15,19H,6,10,13-14H2,1-5H3,(H,23,24,25). The van der Waals surface area contributed by atoms with E-state index in [9.17, 15) is 4.79 Å². The summed E-state index contributed by atoms with van der Waals surface area (Å²) >= 11 is 0. The Balaban J connectivity index is 2.03. The maximum atomic E-state index is 11.8. The van der Waals surface area contributed by atoms with E-state index in [0.29, 0.717) is 35.6 Å². The number of aromatic nitrogens is 2. The fourth-order valence-corrected chi connectivity index (χ4v) is 2.96. The molecule has 1 unspecified atom stereocenters. The molecule has 0 radical (unpaired) electrons. The molecule has 2 rings (SSSR count). The lowest BCUT2D eigenvalue weighted by molar-refractivity contribution is 0.0878. The molecule has 0 aliphatic carbocycles. The van der Waals surface area contributed by atoms with E-state index in [1.165, 1.54) is 5.56 Å². The van der Waals surface area contributed by atoms with Crippen molar-refractivity contribution < 1.29 is 14.3 Å². The van der Waals surface area contributed by atoms with Crippen molar-refractivity contribution in [2.24, 2.45) is 5.92 Å². The Morgan fingerprint density at radius 1 is 1.11 bits per heavy atom. The van der Waals surface area contributed by atoms with Crippen LogP contribution < -0.4 is 10.1 Å². The topological polar surface area (TPSA) is 73.3 Å². The van der Waals surface area contributed by atoms with Crippen LogP contribution in [0.4, 0.5) is 10.7 Å². The number of benzene rings is 1. The van der Waals surface area contributed by atoms with E-state index in [-0.39, 0.29) is 5.92 Å². The van der Waals surface area contributed by atoms with Crippen molar-refractivity contribution in [3.8, 4) is 5.75 Å². The van der Waals surface area contributed by atoms with Gasteiger partial charge in [0.05, 0.1) is 18.0 Å². The maximum Gasteiger partial charge on any atom is 0.513 e. The minimum atomic E-state index is -0.726. The Morgan fingerprint density at radius 3 is 2.32 bits per heavy atom. The second-order valence-corrected chi connectivity index (χ2v) is 7.38. The molecule has 0 amide bonds. The number of hydrogen-bond acceptors (Lipinski definition) is 6. The normalized spacial score (nSPS) is 11.9. The zero-order valence-electron chi connectivity index (χ0n) is 17.5. The summed E-state index contributed by atoms with van der Waals surface area (Å²) in [5, 5.41) is 3.34. The summed E-state index contributed by atoms with van der Waals surface area (Å²) in [7, 11) is 0. The number of anilines is 1. The number of carbonyl (C=O) groups excluding carboxylic acids is 1. The molecule has 0 spiro atoms. The molecule has 0 saturated carbocycles. The third-order valence-electron chi connectivity index (χ3n) is 4.34. The van der Waals surface area contributed by atoms with Crippen molar-refractivity contribution in [1.29, 1.82) is 0 Å². The SMILES string of the molecule is CCCC(CNc1nc(C)c(OC(=O)OCC(C)C)c(C)n1)c1ccccc1. The fraction of sp³-hybridized carbons (Fsp3) is 0.500. The Morgan fingerprint density at radius 2 is 1.75 bits per heavy atom. The van der Waals surface area contributed by atoms with Gasteiger partial charge in [0.1, 0.15) is 0 Å². The first-order chi connectivity index (χ1) is 13.4. The zero-order chi connectivity index (χ0) is 20.5. The van der Waals surface area contributed by atoms with E-state index in [4.69, 9.17) is 9.47 Å². The molecule has 2 aromatic rings. The predicted molar refractivity (Wildman–Crippen MR) is 111 cm³/mol. The van der Waals surface area contributed by atoms with Gasteiger partial charge in [0, 0.05) is 12.5 Å². The molecule has 1 aromatic heterocycles. The molecular formula is C22H31N3O3. The number of ether oxygens (including phenoxy) is 2. The summed E-state index contributed by atoms with van der Waals surface area (Å²) in [4.78, 5) is 20.7. The third kappa shape index (κ3) is 6.51. The lowest BCUT2D eigenvalue weighted by Crippen LogP contribution is -2.18. The second-order valence-electron chi connectivity index (χ2n) is 7.38. The molecule has 6 heteroatoms. The van der Waals surface area contributed by atoms with Crippen LogP contribution in [0.2, 0.25) is 0 Å². The van der Waals surface area contributed by atoms with Crippen LogP contribution in [0.25, 0.3) is 0 Å². The smallest absolute Gasteiger partial charge is 0.434 e. The number of nitrogens with zero attached hydrogens (tertiary/aromatic N) is 2. The summed E-state index contributed by atoms with van der Waals surface area (Å²) in [6.45, 7) is 10.8. The van der Waals surface area contributed by atoms with Gasteiger partial charge in [-0.25, -0.2) is 14.8 Å². The van der Waals surface area contributed by atoms with E-state index in [1.54, 1.807) is 13.8 Å². The molecule has 1 aromatic carbocycles. The van der Waals surface area contributed by atoms with Gasteiger partial charge in [-0.05, 0) is 31.7 Å². The molecule has 152 valence electrons. The largest absolute Gasteiger partial charge is 0.513 e. The summed E-state index contributed by atoms with van der Waals surface area (Å²) in [6, 6.07) is 10.5. The van der Waals surface area contributed by atoms with Crippen LogP contribution >= 0.6 is 0 Å². The highest BCUT2D eigenvalue weighted by molar-refractivity contribution is 5.64. The summed E-state index contributed by atoms with van der Waals surface area (Å²) in [6.07, 6.45) is 1.46. The average Bonchev–Trinajstić information content (AvgIpc) is 2.67. The molecule has 0 bridgehead atoms. The van der Waals surface area contributed by atoms with E-state index in [2.05, 4.69) is 46.5 Å². The Kier molecular flexibility index (Phi) is 8.23. The highest BCUT2D eigenvalue weighted by atomic mass is 16.7. The van der Waals surface area contributed by atoms with Gasteiger partial charge in [-0.15, -0.1) is 0 Å². The molecule has 1 heterocycles. The third-order valence-corrected chi connectivity index (χ3v) is 4.34. The second kappa shape index (κ2) is 10.6. The molecular weight excluding hydrogens is 354 g/mol. The first kappa shape index (κ1) is 21.7. The zero-order valence-corrected chi connectivity index (χ0v) is 17.5. The number of carbonyl (C=O) groups is 1. The van der Waals surface area contributed by atoms with Gasteiger partial charge in [0.2, 0.25) is 5.95 Å². The van der Waals surface area contributed by atoms with Crippen LogP contribution in [-0.2, 0) is 4.74 Å². The molecule has 0 fully saturated rings. The van der Waals surface area contributed by atoms with Crippen molar-refractivity contribution in [3.05, 3.63) is 47.3 Å². The maximum absolute atomic E-state index is 11.8. The average molecular weight is 386 g/mol. The van der Waals surface area contributed by atoms with E-state index in [1.807, 2.05) is 19.9 Å². The molecule has 1 atom stereocenters. The summed E-state index contributed by atoms with van der Waals surface area (Å²) < 4.78 is 10.4. The predicted octanol–water partition coefficient (Wildman–Crippen LogP) is 5.26. The quantitative estimate of drug-likeness (QED) is 0.594. The summed E-state index contributed by atoms with van der Waals surface area (Å²) in [5.41, 5.74) is 2.50. The van der Waals surface area contributed by atoms with Gasteiger partial charge in [0.25, 0.3) is 0 Å². The van der Waals surface area contributed by atoms with Gasteiger partial charge in [-0.2, -0.15) is 0 Å². The highest BCUT2D eigenvalue weighted by Crippen LogP contribution is 2.24. The van der Waals surface area contributed by atoms with Crippen molar-refractivity contribution in [3.63, 3.8) is 0 Å². The van der Waals surface area contributed by atoms with Gasteiger partial charge in [-0.3, -0.25) is 0 Å². The Labute approximate surface area is 167 Å². The number of nitrogens with one attached hydrogen (secondary N) is 1. The molecule has 28 heavy (non-hydrogen) atoms. The molecule has 6 nitrogen and oxygen atoms in total. The summed E-state index contributed by atoms with van der Waals surface area (Å²) in [5.74, 6) is 1.53. The van der Waals surface area contributed by atoms with Crippen LogP contribution in [0.3, 0.4) is 0 Å². The fourth-order valence-electron chi connectivity index (χ4n) is 2.96. The molecule has 0 aliphatic heterocycles. The Bertz CT molecular complexity index is 740. The van der Waals surface area contributed by atoms with Crippen LogP contribution in [0.5, 0.6) is 5.75 Å². The Hall–Kier alpha value is -2.63. The van der Waals surface area contributed by atoms with Gasteiger partial charge in [0.15, 0.2) is 5.75 Å². The van der Waals surface area contributed by atoms with Gasteiger partial charge < -0.3 is 14.8 Å². The number of hydrogen-bond donors (Lipinski definition) is 1. The van der Waals surface area contributed by atoms with Crippen molar-refractivity contribution in [1.82, 2.24) is 9.97 Å². The van der Waals surface area contributed by atoms with E-state index < -0.39 is 6.16 Å². The molecule has 0 saturated heterocycles. The first-order valence-corrected chi connectivity index (χ1v) is 9.89. The lowest BCUT2D eigenvalue weighted by atomic mass is 9.94. The van der Waals surface area contributed by atoms with Crippen LogP contribution in [0.15, 0.2) is 30.3 Å². The van der Waals surface area contributed by atoms with Crippen LogP contribution in [0, 0.1) is 19.8 Å². The molecule has 1 N–H and O–H groups in total. The highest BCUT2D eigenvalue weighted by Gasteiger charge is 2.16. The van der Waals surface area contributed by atoms with Gasteiger partial charge in [-0.1, -0.05) is 57.5 Å². The van der Waals surface area contributed by atoms with Crippen LogP contribution in [-0.4, -0.2) is 29.3 Å². The minimum absolute atomic E-state index is 0.248. The lowest BCUT2D eigenvalue weighted by Gasteiger charge is -2.18. The van der Waals surface area contributed by atoms with Crippen molar-refractivity contribution in [2.75, 3.05) is 18.5 Å². The number of aryl methyl sites for hydroxylation is 2.